The number of carbonyl (C=O) groups is 1. The first-order valence-electron chi connectivity index (χ1n) is 6.49. The third-order valence-corrected chi connectivity index (χ3v) is 3.38. The van der Waals surface area contributed by atoms with E-state index in [1.165, 1.54) is 0 Å². The highest BCUT2D eigenvalue weighted by Crippen LogP contribution is 2.29. The van der Waals surface area contributed by atoms with Crippen molar-refractivity contribution >= 4 is 11.7 Å². The summed E-state index contributed by atoms with van der Waals surface area (Å²) in [6.45, 7) is 8.83. The van der Waals surface area contributed by atoms with Crippen LogP contribution in [-0.4, -0.2) is 12.6 Å². The second kappa shape index (κ2) is 5.89. The van der Waals surface area contributed by atoms with E-state index in [9.17, 15) is 4.79 Å². The van der Waals surface area contributed by atoms with Crippen LogP contribution in [-0.2, 0) is 10.2 Å². The Bertz CT molecular complexity index is 425. The zero-order chi connectivity index (χ0) is 13.8. The minimum Gasteiger partial charge on any atom is -0.462 e. The lowest BCUT2D eigenvalue weighted by Gasteiger charge is -2.24. The Morgan fingerprint density at radius 3 is 2.56 bits per heavy atom. The summed E-state index contributed by atoms with van der Waals surface area (Å²) in [6.07, 6.45) is 1.81. The number of hydrogen-bond donors (Lipinski definition) is 1. The maximum absolute atomic E-state index is 11.9. The number of hydrogen-bond acceptors (Lipinski definition) is 3. The van der Waals surface area contributed by atoms with E-state index in [-0.39, 0.29) is 11.4 Å². The van der Waals surface area contributed by atoms with Crippen molar-refractivity contribution in [1.82, 2.24) is 0 Å². The lowest BCUT2D eigenvalue weighted by Crippen LogP contribution is -2.17. The second-order valence-corrected chi connectivity index (χ2v) is 5.18. The normalized spacial score (nSPS) is 11.3. The molecule has 1 rings (SSSR count). The molecule has 18 heavy (non-hydrogen) atoms. The molecule has 2 N–H and O–H groups in total. The molecule has 0 aliphatic rings. The highest BCUT2D eigenvalue weighted by Gasteiger charge is 2.21. The molecule has 1 aromatic rings. The number of carbonyl (C=O) groups excluding carboxylic acids is 1. The van der Waals surface area contributed by atoms with Crippen LogP contribution in [0.25, 0.3) is 0 Å². The Labute approximate surface area is 109 Å². The molecule has 1 aromatic carbocycles. The molecule has 100 valence electrons. The van der Waals surface area contributed by atoms with E-state index in [4.69, 9.17) is 10.5 Å². The largest absolute Gasteiger partial charge is 0.462 e. The van der Waals surface area contributed by atoms with Crippen molar-refractivity contribution in [1.29, 1.82) is 0 Å². The van der Waals surface area contributed by atoms with Crippen LogP contribution in [0, 0.1) is 0 Å². The summed E-state index contributed by atoms with van der Waals surface area (Å²) in [5, 5.41) is 0. The van der Waals surface area contributed by atoms with E-state index in [1.54, 1.807) is 6.07 Å². The third-order valence-electron chi connectivity index (χ3n) is 3.38. The first-order chi connectivity index (χ1) is 8.42. The molecule has 3 heteroatoms. The fourth-order valence-corrected chi connectivity index (χ4v) is 1.63. The Kier molecular flexibility index (Phi) is 4.76. The summed E-state index contributed by atoms with van der Waals surface area (Å²) in [6, 6.07) is 5.63. The molecule has 0 amide bonds. The highest BCUT2D eigenvalue weighted by molar-refractivity contribution is 5.95. The second-order valence-electron chi connectivity index (χ2n) is 5.18. The lowest BCUT2D eigenvalue weighted by atomic mass is 9.81. The van der Waals surface area contributed by atoms with E-state index in [2.05, 4.69) is 20.8 Å². The molecule has 0 atom stereocenters. The van der Waals surface area contributed by atoms with Crippen LogP contribution in [0.5, 0.6) is 0 Å². The van der Waals surface area contributed by atoms with Crippen LogP contribution < -0.4 is 5.73 Å². The van der Waals surface area contributed by atoms with E-state index >= 15 is 0 Å². The zero-order valence-electron chi connectivity index (χ0n) is 11.7. The van der Waals surface area contributed by atoms with Gasteiger partial charge in [0.2, 0.25) is 0 Å². The van der Waals surface area contributed by atoms with Gasteiger partial charge >= 0.3 is 5.97 Å². The summed E-state index contributed by atoms with van der Waals surface area (Å²) >= 11 is 0. The molecule has 0 saturated carbocycles. The van der Waals surface area contributed by atoms with Crippen LogP contribution in [0.4, 0.5) is 5.69 Å². The Morgan fingerprint density at radius 2 is 2.00 bits per heavy atom. The van der Waals surface area contributed by atoms with Gasteiger partial charge in [-0.15, -0.1) is 0 Å². The number of benzene rings is 1. The molecule has 0 unspecified atom stereocenters. The summed E-state index contributed by atoms with van der Waals surface area (Å²) in [5.74, 6) is -0.330. The van der Waals surface area contributed by atoms with Crippen LogP contribution >= 0.6 is 0 Å². The van der Waals surface area contributed by atoms with Crippen molar-refractivity contribution in [3.63, 3.8) is 0 Å². The SMILES string of the molecule is CCCOC(=O)c1cc(C(C)(C)CC)ccc1N. The maximum atomic E-state index is 11.9. The van der Waals surface area contributed by atoms with Gasteiger partial charge in [-0.1, -0.05) is 33.8 Å². The third kappa shape index (κ3) is 3.25. The smallest absolute Gasteiger partial charge is 0.340 e. The molecule has 0 heterocycles. The quantitative estimate of drug-likeness (QED) is 0.641. The van der Waals surface area contributed by atoms with E-state index in [0.717, 1.165) is 18.4 Å². The van der Waals surface area contributed by atoms with E-state index in [1.807, 2.05) is 19.1 Å². The number of nitrogen functional groups attached to an aromatic ring is 1. The summed E-state index contributed by atoms with van der Waals surface area (Å²) in [4.78, 5) is 11.9. The van der Waals surface area contributed by atoms with Crippen molar-refractivity contribution in [2.75, 3.05) is 12.3 Å². The number of nitrogens with two attached hydrogens (primary N) is 1. The Hall–Kier alpha value is -1.51. The molecule has 3 nitrogen and oxygen atoms in total. The van der Waals surface area contributed by atoms with Gasteiger partial charge in [-0.3, -0.25) is 0 Å². The lowest BCUT2D eigenvalue weighted by molar-refractivity contribution is 0.0506. The topological polar surface area (TPSA) is 52.3 Å². The Morgan fingerprint density at radius 1 is 1.33 bits per heavy atom. The van der Waals surface area contributed by atoms with Gasteiger partial charge in [0.05, 0.1) is 12.2 Å². The van der Waals surface area contributed by atoms with Crippen LogP contribution in [0.2, 0.25) is 0 Å². The van der Waals surface area contributed by atoms with E-state index < -0.39 is 0 Å². The molecule has 0 fully saturated rings. The van der Waals surface area contributed by atoms with Crippen molar-refractivity contribution in [2.24, 2.45) is 0 Å². The summed E-state index contributed by atoms with van der Waals surface area (Å²) in [7, 11) is 0. The predicted molar refractivity (Wildman–Crippen MR) is 74.7 cm³/mol. The number of rotatable bonds is 5. The van der Waals surface area contributed by atoms with Crippen LogP contribution in [0.15, 0.2) is 18.2 Å². The number of ether oxygens (including phenoxy) is 1. The fourth-order valence-electron chi connectivity index (χ4n) is 1.63. The Balaban J connectivity index is 3.05. The first kappa shape index (κ1) is 14.6. The van der Waals surface area contributed by atoms with Crippen LogP contribution in [0.3, 0.4) is 0 Å². The molecule has 0 spiro atoms. The van der Waals surface area contributed by atoms with Gasteiger partial charge in [-0.05, 0) is 36.0 Å². The van der Waals surface area contributed by atoms with Gasteiger partial charge < -0.3 is 10.5 Å². The van der Waals surface area contributed by atoms with Gasteiger partial charge in [-0.2, -0.15) is 0 Å². The monoisotopic (exact) mass is 249 g/mol. The van der Waals surface area contributed by atoms with Gasteiger partial charge in [0, 0.05) is 5.69 Å². The zero-order valence-corrected chi connectivity index (χ0v) is 11.7. The van der Waals surface area contributed by atoms with Gasteiger partial charge in [0.25, 0.3) is 0 Å². The molecular formula is C15H23NO2. The molecule has 0 aromatic heterocycles. The summed E-state index contributed by atoms with van der Waals surface area (Å²) in [5.41, 5.74) is 7.95. The molecule has 0 saturated heterocycles. The molecule has 0 bridgehead atoms. The average molecular weight is 249 g/mol. The molecule has 0 aliphatic heterocycles. The van der Waals surface area contributed by atoms with Crippen molar-refractivity contribution in [2.45, 2.75) is 46.0 Å². The highest BCUT2D eigenvalue weighted by atomic mass is 16.5. The molecule has 0 radical (unpaired) electrons. The minimum absolute atomic E-state index is 0.0352. The number of esters is 1. The number of anilines is 1. The van der Waals surface area contributed by atoms with Gasteiger partial charge in [-0.25, -0.2) is 4.79 Å². The first-order valence-corrected chi connectivity index (χ1v) is 6.49. The standard InChI is InChI=1S/C15H23NO2/c1-5-9-18-14(17)12-10-11(7-8-13(12)16)15(3,4)6-2/h7-8,10H,5-6,9,16H2,1-4H3. The van der Waals surface area contributed by atoms with Gasteiger partial charge in [0.15, 0.2) is 0 Å². The predicted octanol–water partition coefficient (Wildman–Crippen LogP) is 3.52. The van der Waals surface area contributed by atoms with Crippen molar-refractivity contribution in [3.8, 4) is 0 Å². The van der Waals surface area contributed by atoms with E-state index in [0.29, 0.717) is 17.9 Å². The van der Waals surface area contributed by atoms with Crippen LogP contribution in [0.1, 0.15) is 56.5 Å². The average Bonchev–Trinajstić information content (AvgIpc) is 2.36. The van der Waals surface area contributed by atoms with Crippen molar-refractivity contribution in [3.05, 3.63) is 29.3 Å². The van der Waals surface area contributed by atoms with Crippen molar-refractivity contribution < 1.29 is 9.53 Å². The molecular weight excluding hydrogens is 226 g/mol. The molecule has 0 aliphatic carbocycles. The maximum Gasteiger partial charge on any atom is 0.340 e. The van der Waals surface area contributed by atoms with Gasteiger partial charge in [0.1, 0.15) is 0 Å². The minimum atomic E-state index is -0.330. The summed E-state index contributed by atoms with van der Waals surface area (Å²) < 4.78 is 5.14. The fraction of sp³-hybridized carbons (Fsp3) is 0.533.